The van der Waals surface area contributed by atoms with Gasteiger partial charge in [0.2, 0.25) is 5.82 Å². The number of aryl methyl sites for hydroxylation is 1. The van der Waals surface area contributed by atoms with Gasteiger partial charge in [-0.2, -0.15) is 4.39 Å². The van der Waals surface area contributed by atoms with E-state index in [-0.39, 0.29) is 17.1 Å². The molecule has 0 spiro atoms. The van der Waals surface area contributed by atoms with E-state index >= 15 is 4.39 Å². The monoisotopic (exact) mass is 572 g/mol. The highest BCUT2D eigenvalue weighted by Crippen LogP contribution is 2.35. The minimum absolute atomic E-state index is 0.0694. The van der Waals surface area contributed by atoms with Crippen molar-refractivity contribution >= 4 is 0 Å². The smallest absolute Gasteiger partial charge is 0.201 e. The van der Waals surface area contributed by atoms with Crippen LogP contribution in [0.2, 0.25) is 0 Å². The fraction of sp³-hybridized carbons (Fsp3) is 0.676. The van der Waals surface area contributed by atoms with Crippen LogP contribution < -0.4 is 4.74 Å². The van der Waals surface area contributed by atoms with Gasteiger partial charge >= 0.3 is 0 Å². The molecule has 0 heterocycles. The Balaban J connectivity index is 1.41. The summed E-state index contributed by atoms with van der Waals surface area (Å²) in [5, 5.41) is 0. The van der Waals surface area contributed by atoms with Gasteiger partial charge in [0, 0.05) is 5.56 Å². The van der Waals surface area contributed by atoms with Crippen molar-refractivity contribution in [1.82, 2.24) is 0 Å². The summed E-state index contributed by atoms with van der Waals surface area (Å²) in [5.41, 5.74) is 1.09. The Morgan fingerprint density at radius 3 is 1.85 bits per heavy atom. The lowest BCUT2D eigenvalue weighted by molar-refractivity contribution is 0.248. The molecule has 0 radical (unpaired) electrons. The normalized spacial score (nSPS) is 17.2. The number of ether oxygens (including phenoxy) is 1. The van der Waals surface area contributed by atoms with Gasteiger partial charge in [-0.15, -0.1) is 0 Å². The number of rotatable bonds is 20. The lowest BCUT2D eigenvalue weighted by atomic mass is 9.77. The molecule has 4 heteroatoms. The Labute approximate surface area is 248 Å². The van der Waals surface area contributed by atoms with Crippen molar-refractivity contribution in [1.29, 1.82) is 0 Å². The van der Waals surface area contributed by atoms with Crippen LogP contribution in [0.5, 0.6) is 5.75 Å². The third-order valence-electron chi connectivity index (χ3n) is 9.17. The molecule has 0 saturated heterocycles. The molecule has 1 aliphatic rings. The molecule has 0 N–H and O–H groups in total. The van der Waals surface area contributed by atoms with Gasteiger partial charge in [-0.3, -0.25) is 0 Å². The fourth-order valence-electron chi connectivity index (χ4n) is 6.41. The molecule has 0 atom stereocenters. The van der Waals surface area contributed by atoms with E-state index in [9.17, 15) is 8.78 Å². The molecule has 0 amide bonds. The molecule has 1 nitrogen and oxygen atoms in total. The molecule has 3 rings (SSSR count). The zero-order chi connectivity index (χ0) is 29.3. The van der Waals surface area contributed by atoms with E-state index in [4.69, 9.17) is 4.74 Å². The van der Waals surface area contributed by atoms with E-state index in [1.165, 1.54) is 115 Å². The molecule has 1 aliphatic carbocycles. The third kappa shape index (κ3) is 11.7. The van der Waals surface area contributed by atoms with Gasteiger partial charge in [-0.25, -0.2) is 8.78 Å². The summed E-state index contributed by atoms with van der Waals surface area (Å²) in [4.78, 5) is 0. The lowest BCUT2D eigenvalue weighted by Crippen LogP contribution is -2.15. The average Bonchev–Trinajstić information content (AvgIpc) is 2.98. The van der Waals surface area contributed by atoms with Crippen molar-refractivity contribution < 1.29 is 17.9 Å². The molecular weight excluding hydrogens is 517 g/mol. The highest BCUT2D eigenvalue weighted by atomic mass is 19.2. The molecule has 0 aliphatic heterocycles. The van der Waals surface area contributed by atoms with Crippen LogP contribution in [0.25, 0.3) is 11.1 Å². The molecule has 0 bridgehead atoms. The van der Waals surface area contributed by atoms with Crippen LogP contribution in [0.4, 0.5) is 13.2 Å². The van der Waals surface area contributed by atoms with Gasteiger partial charge in [-0.05, 0) is 60.4 Å². The predicted molar refractivity (Wildman–Crippen MR) is 167 cm³/mol. The number of hydrogen-bond donors (Lipinski definition) is 0. The first-order valence-corrected chi connectivity index (χ1v) is 16.9. The first-order chi connectivity index (χ1) is 20.0. The second-order valence-corrected chi connectivity index (χ2v) is 12.5. The summed E-state index contributed by atoms with van der Waals surface area (Å²) >= 11 is 0. The van der Waals surface area contributed by atoms with Crippen LogP contribution in [0.15, 0.2) is 30.3 Å². The molecule has 1 saturated carbocycles. The summed E-state index contributed by atoms with van der Waals surface area (Å²) in [5.74, 6) is -0.848. The highest BCUT2D eigenvalue weighted by Gasteiger charge is 2.22. The van der Waals surface area contributed by atoms with Crippen LogP contribution in [0.1, 0.15) is 141 Å². The van der Waals surface area contributed by atoms with Gasteiger partial charge in [-0.1, -0.05) is 135 Å². The van der Waals surface area contributed by atoms with Crippen molar-refractivity contribution in [2.75, 3.05) is 6.61 Å². The summed E-state index contributed by atoms with van der Waals surface area (Å²) < 4.78 is 50.2. The maximum atomic E-state index is 15.0. The van der Waals surface area contributed by atoms with E-state index in [0.29, 0.717) is 30.1 Å². The molecular formula is C37H55F3O. The summed E-state index contributed by atoms with van der Waals surface area (Å²) in [6.07, 6.45) is 24.3. The minimum Gasteiger partial charge on any atom is -0.490 e. The second-order valence-electron chi connectivity index (χ2n) is 12.5. The zero-order valence-electron chi connectivity index (χ0n) is 25.9. The standard InChI is InChI=1S/C37H55F3O/c1-3-5-7-9-11-13-15-27-41-35-26-25-33(36(39)37(35)40)32-24-23-31(34(38)28-32)22-21-30-19-17-29(18-20-30)16-14-12-10-8-6-4-2/h23-26,28-30H,3-22,27H2,1-2H3. The van der Waals surface area contributed by atoms with Gasteiger partial charge in [0.15, 0.2) is 11.6 Å². The number of hydrogen-bond acceptors (Lipinski definition) is 1. The Kier molecular flexibility index (Phi) is 15.8. The van der Waals surface area contributed by atoms with E-state index in [0.717, 1.165) is 31.6 Å². The highest BCUT2D eigenvalue weighted by molar-refractivity contribution is 5.65. The topological polar surface area (TPSA) is 9.23 Å². The van der Waals surface area contributed by atoms with Crippen LogP contribution in [0.3, 0.4) is 0 Å². The molecule has 0 unspecified atom stereocenters. The van der Waals surface area contributed by atoms with Crippen molar-refractivity contribution in [3.05, 3.63) is 53.3 Å². The van der Waals surface area contributed by atoms with Crippen LogP contribution >= 0.6 is 0 Å². The Morgan fingerprint density at radius 1 is 0.634 bits per heavy atom. The predicted octanol–water partition coefficient (Wildman–Crippen LogP) is 12.4. The summed E-state index contributed by atoms with van der Waals surface area (Å²) in [6, 6.07) is 7.77. The average molecular weight is 573 g/mol. The third-order valence-corrected chi connectivity index (χ3v) is 9.17. The van der Waals surface area contributed by atoms with E-state index < -0.39 is 11.6 Å². The maximum Gasteiger partial charge on any atom is 0.201 e. The number of unbranched alkanes of at least 4 members (excludes halogenated alkanes) is 11. The van der Waals surface area contributed by atoms with E-state index in [1.807, 2.05) is 0 Å². The van der Waals surface area contributed by atoms with Crippen molar-refractivity contribution in [3.63, 3.8) is 0 Å². The first kappa shape index (κ1) is 33.5. The molecule has 0 aromatic heterocycles. The SMILES string of the molecule is CCCCCCCCCOc1ccc(-c2ccc(CCC3CCC(CCCCCCCC)CC3)c(F)c2)c(F)c1F. The fourth-order valence-corrected chi connectivity index (χ4v) is 6.41. The largest absolute Gasteiger partial charge is 0.490 e. The zero-order valence-corrected chi connectivity index (χ0v) is 25.9. The molecule has 41 heavy (non-hydrogen) atoms. The van der Waals surface area contributed by atoms with Gasteiger partial charge in [0.25, 0.3) is 0 Å². The lowest BCUT2D eigenvalue weighted by Gasteiger charge is -2.28. The van der Waals surface area contributed by atoms with Crippen molar-refractivity contribution in [3.8, 4) is 16.9 Å². The molecule has 2 aromatic rings. The van der Waals surface area contributed by atoms with Crippen LogP contribution in [-0.4, -0.2) is 6.61 Å². The Morgan fingerprint density at radius 2 is 1.22 bits per heavy atom. The quantitative estimate of drug-likeness (QED) is 0.143. The molecule has 1 fully saturated rings. The first-order valence-electron chi connectivity index (χ1n) is 16.9. The minimum atomic E-state index is -0.998. The van der Waals surface area contributed by atoms with E-state index in [1.54, 1.807) is 12.1 Å². The van der Waals surface area contributed by atoms with Gasteiger partial charge in [0.1, 0.15) is 5.82 Å². The van der Waals surface area contributed by atoms with Crippen LogP contribution in [0, 0.1) is 29.3 Å². The molecule has 2 aromatic carbocycles. The van der Waals surface area contributed by atoms with Crippen LogP contribution in [-0.2, 0) is 6.42 Å². The summed E-state index contributed by atoms with van der Waals surface area (Å²) in [6.45, 7) is 4.83. The number of halogens is 3. The van der Waals surface area contributed by atoms with Gasteiger partial charge in [0.05, 0.1) is 6.61 Å². The van der Waals surface area contributed by atoms with E-state index in [2.05, 4.69) is 13.8 Å². The summed E-state index contributed by atoms with van der Waals surface area (Å²) in [7, 11) is 0. The second kappa shape index (κ2) is 19.3. The van der Waals surface area contributed by atoms with Gasteiger partial charge < -0.3 is 4.74 Å². The Bertz CT molecular complexity index is 996. The van der Waals surface area contributed by atoms with Crippen molar-refractivity contribution in [2.45, 2.75) is 142 Å². The Hall–Kier alpha value is -1.97. The molecule has 230 valence electrons. The van der Waals surface area contributed by atoms with Crippen molar-refractivity contribution in [2.24, 2.45) is 11.8 Å². The number of benzene rings is 2. The maximum absolute atomic E-state index is 15.0.